The monoisotopic (exact) mass is 207 g/mol. The zero-order valence-corrected chi connectivity index (χ0v) is 8.78. The molecular formula is C12H17NO2. The predicted molar refractivity (Wildman–Crippen MR) is 59.2 cm³/mol. The number of hydrogen-bond acceptors (Lipinski definition) is 3. The van der Waals surface area contributed by atoms with Gasteiger partial charge in [0.05, 0.1) is 6.61 Å². The number of piperidine rings is 1. The first kappa shape index (κ1) is 10.3. The summed E-state index contributed by atoms with van der Waals surface area (Å²) < 4.78 is 5.59. The maximum absolute atomic E-state index is 9.50. The number of aromatic hydroxyl groups is 1. The van der Waals surface area contributed by atoms with Crippen molar-refractivity contribution in [3.05, 3.63) is 24.3 Å². The van der Waals surface area contributed by atoms with E-state index in [1.54, 1.807) is 18.2 Å². The average molecular weight is 207 g/mol. The van der Waals surface area contributed by atoms with E-state index in [1.807, 2.05) is 6.07 Å². The second-order valence-corrected chi connectivity index (χ2v) is 3.99. The number of phenols is 1. The third kappa shape index (κ3) is 2.86. The lowest BCUT2D eigenvalue weighted by atomic mass is 10.0. The third-order valence-corrected chi connectivity index (χ3v) is 2.74. The second-order valence-electron chi connectivity index (χ2n) is 3.99. The van der Waals surface area contributed by atoms with Gasteiger partial charge in [-0.2, -0.15) is 0 Å². The van der Waals surface area contributed by atoms with Crippen LogP contribution in [0.3, 0.4) is 0 Å². The minimum absolute atomic E-state index is 0.223. The zero-order chi connectivity index (χ0) is 10.5. The lowest BCUT2D eigenvalue weighted by molar-refractivity contribution is 0.212. The highest BCUT2D eigenvalue weighted by atomic mass is 16.5. The number of phenolic OH excluding ortho intramolecular Hbond substituents is 1. The van der Waals surface area contributed by atoms with E-state index in [-0.39, 0.29) is 5.75 Å². The summed E-state index contributed by atoms with van der Waals surface area (Å²) in [6.45, 7) is 2.82. The van der Waals surface area contributed by atoms with E-state index in [0.29, 0.717) is 18.3 Å². The molecular weight excluding hydrogens is 190 g/mol. The molecule has 3 nitrogen and oxygen atoms in total. The van der Waals surface area contributed by atoms with Gasteiger partial charge in [0.1, 0.15) is 0 Å². The molecule has 1 aliphatic rings. The molecule has 3 heteroatoms. The Morgan fingerprint density at radius 3 is 3.00 bits per heavy atom. The smallest absolute Gasteiger partial charge is 0.160 e. The van der Waals surface area contributed by atoms with Crippen LogP contribution in [-0.2, 0) is 0 Å². The van der Waals surface area contributed by atoms with E-state index in [1.165, 1.54) is 12.8 Å². The van der Waals surface area contributed by atoms with Crippen molar-refractivity contribution in [2.75, 3.05) is 19.7 Å². The summed E-state index contributed by atoms with van der Waals surface area (Å²) in [5, 5.41) is 12.8. The molecule has 1 saturated heterocycles. The van der Waals surface area contributed by atoms with Crippen molar-refractivity contribution >= 4 is 0 Å². The Balaban J connectivity index is 1.84. The van der Waals surface area contributed by atoms with Crippen LogP contribution in [0.1, 0.15) is 12.8 Å². The SMILES string of the molecule is Oc1ccccc1OC[C@H]1CCCNC1. The van der Waals surface area contributed by atoms with Crippen LogP contribution in [0.5, 0.6) is 11.5 Å². The molecule has 0 aliphatic carbocycles. The van der Waals surface area contributed by atoms with E-state index in [0.717, 1.165) is 13.1 Å². The van der Waals surface area contributed by atoms with Crippen LogP contribution >= 0.6 is 0 Å². The van der Waals surface area contributed by atoms with Crippen LogP contribution < -0.4 is 10.1 Å². The summed E-state index contributed by atoms with van der Waals surface area (Å²) in [6, 6.07) is 7.11. The van der Waals surface area contributed by atoms with Gasteiger partial charge < -0.3 is 15.2 Å². The molecule has 0 spiro atoms. The Bertz CT molecular complexity index is 308. The average Bonchev–Trinajstić information content (AvgIpc) is 2.29. The largest absolute Gasteiger partial charge is 0.504 e. The molecule has 82 valence electrons. The summed E-state index contributed by atoms with van der Waals surface area (Å²) >= 11 is 0. The topological polar surface area (TPSA) is 41.5 Å². The fraction of sp³-hybridized carbons (Fsp3) is 0.500. The highest BCUT2D eigenvalue weighted by Crippen LogP contribution is 2.25. The minimum Gasteiger partial charge on any atom is -0.504 e. The van der Waals surface area contributed by atoms with Gasteiger partial charge >= 0.3 is 0 Å². The van der Waals surface area contributed by atoms with Crippen LogP contribution in [0, 0.1) is 5.92 Å². The summed E-state index contributed by atoms with van der Waals surface area (Å²) in [5.74, 6) is 1.38. The molecule has 1 fully saturated rings. The lowest BCUT2D eigenvalue weighted by Crippen LogP contribution is -2.33. The maximum Gasteiger partial charge on any atom is 0.160 e. The van der Waals surface area contributed by atoms with Crippen molar-refractivity contribution in [1.82, 2.24) is 5.32 Å². The van der Waals surface area contributed by atoms with Gasteiger partial charge in [-0.1, -0.05) is 12.1 Å². The number of para-hydroxylation sites is 2. The highest BCUT2D eigenvalue weighted by Gasteiger charge is 2.13. The summed E-state index contributed by atoms with van der Waals surface area (Å²) in [6.07, 6.45) is 2.43. The van der Waals surface area contributed by atoms with Crippen molar-refractivity contribution < 1.29 is 9.84 Å². The third-order valence-electron chi connectivity index (χ3n) is 2.74. The highest BCUT2D eigenvalue weighted by molar-refractivity contribution is 5.37. The van der Waals surface area contributed by atoms with Crippen molar-refractivity contribution in [2.24, 2.45) is 5.92 Å². The van der Waals surface area contributed by atoms with Gasteiger partial charge in [-0.15, -0.1) is 0 Å². The van der Waals surface area contributed by atoms with Crippen LogP contribution in [-0.4, -0.2) is 24.8 Å². The van der Waals surface area contributed by atoms with Crippen LogP contribution in [0.25, 0.3) is 0 Å². The Hall–Kier alpha value is -1.22. The van der Waals surface area contributed by atoms with E-state index in [4.69, 9.17) is 4.74 Å². The minimum atomic E-state index is 0.223. The molecule has 0 bridgehead atoms. The molecule has 0 unspecified atom stereocenters. The first-order valence-corrected chi connectivity index (χ1v) is 5.48. The number of benzene rings is 1. The Morgan fingerprint density at radius 1 is 1.40 bits per heavy atom. The Morgan fingerprint density at radius 2 is 2.27 bits per heavy atom. The maximum atomic E-state index is 9.50. The van der Waals surface area contributed by atoms with Crippen molar-refractivity contribution in [1.29, 1.82) is 0 Å². The fourth-order valence-electron chi connectivity index (χ4n) is 1.85. The molecule has 2 N–H and O–H groups in total. The molecule has 0 amide bonds. The van der Waals surface area contributed by atoms with E-state index in [9.17, 15) is 5.11 Å². The standard InChI is InChI=1S/C12H17NO2/c14-11-5-1-2-6-12(11)15-9-10-4-3-7-13-8-10/h1-2,5-6,10,13-14H,3-4,7-9H2/t10-/m0/s1. The molecule has 1 atom stereocenters. The number of hydrogen-bond donors (Lipinski definition) is 2. The van der Waals surface area contributed by atoms with Gasteiger partial charge in [0.15, 0.2) is 11.5 Å². The van der Waals surface area contributed by atoms with E-state index < -0.39 is 0 Å². The Kier molecular flexibility index (Phi) is 3.45. The van der Waals surface area contributed by atoms with Gasteiger partial charge in [0.2, 0.25) is 0 Å². The number of ether oxygens (including phenoxy) is 1. The van der Waals surface area contributed by atoms with E-state index >= 15 is 0 Å². The lowest BCUT2D eigenvalue weighted by Gasteiger charge is -2.22. The number of rotatable bonds is 3. The molecule has 2 rings (SSSR count). The number of nitrogens with one attached hydrogen (secondary N) is 1. The van der Waals surface area contributed by atoms with Gasteiger partial charge in [-0.25, -0.2) is 0 Å². The van der Waals surface area contributed by atoms with Gasteiger partial charge in [0, 0.05) is 12.5 Å². The second kappa shape index (κ2) is 5.03. The Labute approximate surface area is 90.1 Å². The first-order chi connectivity index (χ1) is 7.36. The molecule has 1 heterocycles. The van der Waals surface area contributed by atoms with E-state index in [2.05, 4.69) is 5.32 Å². The van der Waals surface area contributed by atoms with Crippen molar-refractivity contribution in [2.45, 2.75) is 12.8 Å². The molecule has 0 radical (unpaired) electrons. The quantitative estimate of drug-likeness (QED) is 0.793. The molecule has 0 aromatic heterocycles. The van der Waals surface area contributed by atoms with Gasteiger partial charge in [-0.05, 0) is 31.5 Å². The van der Waals surface area contributed by atoms with Crippen LogP contribution in [0.2, 0.25) is 0 Å². The zero-order valence-electron chi connectivity index (χ0n) is 8.78. The molecule has 1 aliphatic heterocycles. The predicted octanol–water partition coefficient (Wildman–Crippen LogP) is 1.77. The van der Waals surface area contributed by atoms with Gasteiger partial charge in [0.25, 0.3) is 0 Å². The van der Waals surface area contributed by atoms with Crippen LogP contribution in [0.15, 0.2) is 24.3 Å². The van der Waals surface area contributed by atoms with Crippen molar-refractivity contribution in [3.63, 3.8) is 0 Å². The summed E-state index contributed by atoms with van der Waals surface area (Å²) in [5.41, 5.74) is 0. The summed E-state index contributed by atoms with van der Waals surface area (Å²) in [7, 11) is 0. The molecule has 15 heavy (non-hydrogen) atoms. The van der Waals surface area contributed by atoms with Crippen molar-refractivity contribution in [3.8, 4) is 11.5 Å². The summed E-state index contributed by atoms with van der Waals surface area (Å²) in [4.78, 5) is 0. The normalized spacial score (nSPS) is 21.2. The fourth-order valence-corrected chi connectivity index (χ4v) is 1.85. The molecule has 1 aromatic rings. The molecule has 1 aromatic carbocycles. The molecule has 0 saturated carbocycles. The first-order valence-electron chi connectivity index (χ1n) is 5.48. The van der Waals surface area contributed by atoms with Crippen LogP contribution in [0.4, 0.5) is 0 Å². The van der Waals surface area contributed by atoms with Gasteiger partial charge in [-0.3, -0.25) is 0 Å².